The summed E-state index contributed by atoms with van der Waals surface area (Å²) in [5, 5.41) is 0. The van der Waals surface area contributed by atoms with Crippen LogP contribution in [0.5, 0.6) is 11.5 Å². The average Bonchev–Trinajstić information content (AvgIpc) is 2.61. The summed E-state index contributed by atoms with van der Waals surface area (Å²) in [6.45, 7) is 4.59. The second-order valence-electron chi connectivity index (χ2n) is 6.44. The van der Waals surface area contributed by atoms with Gasteiger partial charge in [0.05, 0.1) is 13.2 Å². The van der Waals surface area contributed by atoms with Gasteiger partial charge >= 0.3 is 0 Å². The number of amides is 1. The highest BCUT2D eigenvalue weighted by atomic mass is 35.5. The van der Waals surface area contributed by atoms with Crippen molar-refractivity contribution < 1.29 is 14.3 Å². The lowest BCUT2D eigenvalue weighted by Crippen LogP contribution is -2.35. The number of nitrogens with two attached hydrogens (primary N) is 1. The molecule has 0 fully saturated rings. The van der Waals surface area contributed by atoms with Crippen LogP contribution in [-0.4, -0.2) is 25.7 Å². The van der Waals surface area contributed by atoms with Crippen LogP contribution in [0.4, 0.5) is 11.4 Å². The fourth-order valence-electron chi connectivity index (χ4n) is 3.17. The van der Waals surface area contributed by atoms with Crippen molar-refractivity contribution in [2.45, 2.75) is 32.8 Å². The first-order chi connectivity index (χ1) is 12.0. The molecule has 1 heterocycles. The summed E-state index contributed by atoms with van der Waals surface area (Å²) in [7, 11) is 1.58. The average molecular weight is 377 g/mol. The van der Waals surface area contributed by atoms with Gasteiger partial charge in [0, 0.05) is 23.5 Å². The van der Waals surface area contributed by atoms with Crippen LogP contribution in [0.15, 0.2) is 36.4 Å². The second-order valence-corrected chi connectivity index (χ2v) is 6.44. The minimum absolute atomic E-state index is 0. The number of methoxy groups -OCH3 is 1. The quantitative estimate of drug-likeness (QED) is 0.816. The number of hydrogen-bond donors (Lipinski definition) is 1. The predicted molar refractivity (Wildman–Crippen MR) is 107 cm³/mol. The van der Waals surface area contributed by atoms with Crippen molar-refractivity contribution >= 4 is 29.7 Å². The molecule has 0 aromatic heterocycles. The standard InChI is InChI=1S/C20H24N2O3.ClH/c1-13(2)25-18-10-9-14(12-19(18)24-3)20(23)22-11-5-6-15-16(21)7-4-8-17(15)22;/h4,7-10,12-13H,5-6,11,21H2,1-3H3;1H. The van der Waals surface area contributed by atoms with E-state index in [-0.39, 0.29) is 24.4 Å². The third kappa shape index (κ3) is 3.88. The summed E-state index contributed by atoms with van der Waals surface area (Å²) < 4.78 is 11.1. The zero-order valence-corrected chi connectivity index (χ0v) is 16.1. The van der Waals surface area contributed by atoms with Crippen molar-refractivity contribution in [3.63, 3.8) is 0 Å². The molecule has 0 saturated carbocycles. The van der Waals surface area contributed by atoms with E-state index in [0.717, 1.165) is 29.8 Å². The number of halogens is 1. The van der Waals surface area contributed by atoms with E-state index in [1.54, 1.807) is 30.2 Å². The summed E-state index contributed by atoms with van der Waals surface area (Å²) in [5.74, 6) is 1.14. The molecule has 0 spiro atoms. The van der Waals surface area contributed by atoms with Gasteiger partial charge in [0.2, 0.25) is 0 Å². The van der Waals surface area contributed by atoms with Gasteiger partial charge in [-0.15, -0.1) is 12.4 Å². The Bertz CT molecular complexity index is 793. The van der Waals surface area contributed by atoms with E-state index in [2.05, 4.69) is 0 Å². The number of anilines is 2. The molecular formula is C20H25ClN2O3. The van der Waals surface area contributed by atoms with Crippen molar-refractivity contribution in [1.82, 2.24) is 0 Å². The Hall–Kier alpha value is -2.40. The number of benzene rings is 2. The number of hydrogen-bond acceptors (Lipinski definition) is 4. The van der Waals surface area contributed by atoms with Gasteiger partial charge in [0.1, 0.15) is 0 Å². The van der Waals surface area contributed by atoms with Crippen LogP contribution in [0.25, 0.3) is 0 Å². The molecule has 1 aliphatic rings. The van der Waals surface area contributed by atoms with Gasteiger partial charge in [-0.3, -0.25) is 4.79 Å². The van der Waals surface area contributed by atoms with E-state index >= 15 is 0 Å². The summed E-state index contributed by atoms with van der Waals surface area (Å²) in [5.41, 5.74) is 9.35. The van der Waals surface area contributed by atoms with Crippen LogP contribution in [0.3, 0.4) is 0 Å². The van der Waals surface area contributed by atoms with E-state index in [1.165, 1.54) is 0 Å². The molecule has 0 atom stereocenters. The second kappa shape index (κ2) is 8.32. The summed E-state index contributed by atoms with van der Waals surface area (Å²) in [6.07, 6.45) is 1.84. The third-order valence-electron chi connectivity index (χ3n) is 4.31. The Morgan fingerprint density at radius 3 is 2.65 bits per heavy atom. The number of ether oxygens (including phenoxy) is 2. The number of nitrogens with zero attached hydrogens (tertiary/aromatic N) is 1. The summed E-state index contributed by atoms with van der Waals surface area (Å²) >= 11 is 0. The molecule has 26 heavy (non-hydrogen) atoms. The van der Waals surface area contributed by atoms with Crippen molar-refractivity contribution in [3.05, 3.63) is 47.5 Å². The SMILES string of the molecule is COc1cc(C(=O)N2CCCc3c(N)cccc32)ccc1OC(C)C.Cl. The lowest BCUT2D eigenvalue weighted by Gasteiger charge is -2.30. The molecule has 3 rings (SSSR count). The normalized spacial score (nSPS) is 13.0. The molecule has 140 valence electrons. The first-order valence-corrected chi connectivity index (χ1v) is 8.55. The molecule has 1 amide bonds. The minimum atomic E-state index is -0.0547. The molecule has 2 aromatic carbocycles. The van der Waals surface area contributed by atoms with Crippen molar-refractivity contribution in [2.75, 3.05) is 24.3 Å². The molecule has 6 heteroatoms. The Morgan fingerprint density at radius 1 is 1.19 bits per heavy atom. The molecule has 2 N–H and O–H groups in total. The Morgan fingerprint density at radius 2 is 1.96 bits per heavy atom. The molecule has 2 aromatic rings. The van der Waals surface area contributed by atoms with Crippen LogP contribution in [0.2, 0.25) is 0 Å². The van der Waals surface area contributed by atoms with E-state index in [9.17, 15) is 4.79 Å². The minimum Gasteiger partial charge on any atom is -0.493 e. The number of rotatable bonds is 4. The molecule has 0 unspecified atom stereocenters. The van der Waals surface area contributed by atoms with Gasteiger partial charge < -0.3 is 20.1 Å². The highest BCUT2D eigenvalue weighted by Gasteiger charge is 2.25. The Balaban J connectivity index is 0.00000243. The van der Waals surface area contributed by atoms with Gasteiger partial charge in [0.15, 0.2) is 11.5 Å². The van der Waals surface area contributed by atoms with Gasteiger partial charge in [-0.05, 0) is 62.6 Å². The molecule has 5 nitrogen and oxygen atoms in total. The zero-order chi connectivity index (χ0) is 18.0. The fourth-order valence-corrected chi connectivity index (χ4v) is 3.17. The molecule has 0 bridgehead atoms. The van der Waals surface area contributed by atoms with Crippen LogP contribution >= 0.6 is 12.4 Å². The van der Waals surface area contributed by atoms with Crippen molar-refractivity contribution in [2.24, 2.45) is 0 Å². The van der Waals surface area contributed by atoms with Crippen LogP contribution in [0, 0.1) is 0 Å². The van der Waals surface area contributed by atoms with E-state index in [1.807, 2.05) is 32.0 Å². The van der Waals surface area contributed by atoms with Gasteiger partial charge in [-0.2, -0.15) is 0 Å². The highest BCUT2D eigenvalue weighted by molar-refractivity contribution is 6.07. The van der Waals surface area contributed by atoms with Crippen molar-refractivity contribution in [3.8, 4) is 11.5 Å². The number of carbonyl (C=O) groups is 1. The summed E-state index contributed by atoms with van der Waals surface area (Å²) in [4.78, 5) is 14.9. The van der Waals surface area contributed by atoms with Gasteiger partial charge in [-0.25, -0.2) is 0 Å². The molecule has 0 aliphatic carbocycles. The zero-order valence-electron chi connectivity index (χ0n) is 15.3. The fraction of sp³-hybridized carbons (Fsp3) is 0.350. The maximum atomic E-state index is 13.1. The van der Waals surface area contributed by atoms with Crippen LogP contribution in [-0.2, 0) is 6.42 Å². The maximum Gasteiger partial charge on any atom is 0.258 e. The summed E-state index contributed by atoms with van der Waals surface area (Å²) in [6, 6.07) is 11.0. The van der Waals surface area contributed by atoms with E-state index < -0.39 is 0 Å². The topological polar surface area (TPSA) is 64.8 Å². The van der Waals surface area contributed by atoms with E-state index in [0.29, 0.717) is 23.6 Å². The lowest BCUT2D eigenvalue weighted by atomic mass is 9.99. The third-order valence-corrected chi connectivity index (χ3v) is 4.31. The largest absolute Gasteiger partial charge is 0.493 e. The Labute approximate surface area is 160 Å². The van der Waals surface area contributed by atoms with Crippen LogP contribution < -0.4 is 20.1 Å². The number of fused-ring (bicyclic) bond motifs is 1. The van der Waals surface area contributed by atoms with Crippen molar-refractivity contribution in [1.29, 1.82) is 0 Å². The monoisotopic (exact) mass is 376 g/mol. The molecule has 1 aliphatic heterocycles. The highest BCUT2D eigenvalue weighted by Crippen LogP contribution is 2.34. The predicted octanol–water partition coefficient (Wildman–Crippen LogP) is 4.08. The van der Waals surface area contributed by atoms with E-state index in [4.69, 9.17) is 15.2 Å². The first kappa shape index (κ1) is 19.9. The van der Waals surface area contributed by atoms with Gasteiger partial charge in [-0.1, -0.05) is 6.07 Å². The molecule has 0 saturated heterocycles. The number of nitrogen functional groups attached to an aromatic ring is 1. The van der Waals surface area contributed by atoms with Gasteiger partial charge in [0.25, 0.3) is 5.91 Å². The molecular weight excluding hydrogens is 352 g/mol. The number of carbonyl (C=O) groups excluding carboxylic acids is 1. The smallest absolute Gasteiger partial charge is 0.258 e. The maximum absolute atomic E-state index is 13.1. The Kier molecular flexibility index (Phi) is 6.37. The van der Waals surface area contributed by atoms with Crippen LogP contribution in [0.1, 0.15) is 36.2 Å². The lowest BCUT2D eigenvalue weighted by molar-refractivity contribution is 0.0984. The molecule has 0 radical (unpaired) electrons. The first-order valence-electron chi connectivity index (χ1n) is 8.55.